The van der Waals surface area contributed by atoms with Gasteiger partial charge in [0.25, 0.3) is 0 Å². The Morgan fingerprint density at radius 3 is 3.06 bits per heavy atom. The molecule has 0 N–H and O–H groups in total. The van der Waals surface area contributed by atoms with Crippen molar-refractivity contribution in [3.8, 4) is 0 Å². The number of thiophene rings is 1. The summed E-state index contributed by atoms with van der Waals surface area (Å²) in [6.45, 7) is 0. The molecule has 5 nitrogen and oxygen atoms in total. The molecule has 0 radical (unpaired) electrons. The number of aromatic nitrogens is 3. The van der Waals surface area contributed by atoms with Gasteiger partial charge in [-0.05, 0) is 11.4 Å². The number of thioether (sulfide) groups is 1. The van der Waals surface area contributed by atoms with Crippen molar-refractivity contribution in [3.63, 3.8) is 0 Å². The van der Waals surface area contributed by atoms with Crippen LogP contribution in [0.5, 0.6) is 0 Å². The van der Waals surface area contributed by atoms with Crippen LogP contribution in [0.15, 0.2) is 22.7 Å². The highest BCUT2D eigenvalue weighted by molar-refractivity contribution is 7.99. The maximum atomic E-state index is 11.1. The average Bonchev–Trinajstić information content (AvgIpc) is 2.99. The summed E-state index contributed by atoms with van der Waals surface area (Å²) < 4.78 is 6.50. The predicted octanol–water partition coefficient (Wildman–Crippen LogP) is 1.73. The molecule has 0 aromatic carbocycles. The lowest BCUT2D eigenvalue weighted by Gasteiger charge is -2.02. The van der Waals surface area contributed by atoms with E-state index in [0.717, 1.165) is 17.4 Å². The zero-order chi connectivity index (χ0) is 13.0. The molecule has 0 saturated carbocycles. The second-order valence-corrected chi connectivity index (χ2v) is 5.55. The highest BCUT2D eigenvalue weighted by Gasteiger charge is 2.12. The number of nitrogens with zero attached hydrogens (tertiary/aromatic N) is 3. The Kier molecular flexibility index (Phi) is 4.38. The minimum Gasteiger partial charge on any atom is -0.468 e. The second-order valence-electron chi connectivity index (χ2n) is 3.58. The third-order valence-electron chi connectivity index (χ3n) is 2.38. The number of ether oxygens (including phenoxy) is 1. The summed E-state index contributed by atoms with van der Waals surface area (Å²) in [5, 5.41) is 11.0. The van der Waals surface area contributed by atoms with Crippen LogP contribution in [0.4, 0.5) is 0 Å². The van der Waals surface area contributed by atoms with Gasteiger partial charge in [-0.1, -0.05) is 17.8 Å². The molecule has 0 atom stereocenters. The minimum absolute atomic E-state index is 0.251. The second kappa shape index (κ2) is 6.01. The van der Waals surface area contributed by atoms with Gasteiger partial charge in [-0.2, -0.15) is 0 Å². The van der Waals surface area contributed by atoms with E-state index in [-0.39, 0.29) is 11.7 Å². The maximum absolute atomic E-state index is 11.1. The quantitative estimate of drug-likeness (QED) is 0.618. The number of carbonyl (C=O) groups is 1. The van der Waals surface area contributed by atoms with E-state index in [9.17, 15) is 4.79 Å². The Labute approximate surface area is 113 Å². The SMILES string of the molecule is COC(=O)CSc1nnc(Cc2cccs2)n1C. The first-order valence-corrected chi connectivity index (χ1v) is 7.17. The molecule has 0 bridgehead atoms. The fourth-order valence-electron chi connectivity index (χ4n) is 1.38. The van der Waals surface area contributed by atoms with E-state index in [1.165, 1.54) is 23.7 Å². The number of methoxy groups -OCH3 is 1. The molecule has 0 spiro atoms. The Morgan fingerprint density at radius 2 is 2.39 bits per heavy atom. The Hall–Kier alpha value is -1.34. The zero-order valence-corrected chi connectivity index (χ0v) is 11.8. The molecule has 0 unspecified atom stereocenters. The normalized spacial score (nSPS) is 10.6. The zero-order valence-electron chi connectivity index (χ0n) is 10.1. The fraction of sp³-hybridized carbons (Fsp3) is 0.364. The van der Waals surface area contributed by atoms with E-state index in [4.69, 9.17) is 0 Å². The van der Waals surface area contributed by atoms with Gasteiger partial charge in [0.2, 0.25) is 0 Å². The fourth-order valence-corrected chi connectivity index (χ4v) is 2.84. The lowest BCUT2D eigenvalue weighted by atomic mass is 10.3. The van der Waals surface area contributed by atoms with Gasteiger partial charge in [0, 0.05) is 18.3 Å². The predicted molar refractivity (Wildman–Crippen MR) is 70.9 cm³/mol. The molecular weight excluding hydrogens is 270 g/mol. The molecule has 0 fully saturated rings. The summed E-state index contributed by atoms with van der Waals surface area (Å²) in [7, 11) is 3.28. The standard InChI is InChI=1S/C11H13N3O2S2/c1-14-9(6-8-4-3-5-17-8)12-13-11(14)18-7-10(15)16-2/h3-5H,6-7H2,1-2H3. The highest BCUT2D eigenvalue weighted by Crippen LogP contribution is 2.18. The Morgan fingerprint density at radius 1 is 1.56 bits per heavy atom. The van der Waals surface area contributed by atoms with Crippen molar-refractivity contribution in [2.45, 2.75) is 11.6 Å². The van der Waals surface area contributed by atoms with E-state index in [1.54, 1.807) is 11.3 Å². The number of hydrogen-bond donors (Lipinski definition) is 0. The largest absolute Gasteiger partial charge is 0.468 e. The summed E-state index contributed by atoms with van der Waals surface area (Å²) >= 11 is 3.03. The summed E-state index contributed by atoms with van der Waals surface area (Å²) in [4.78, 5) is 12.3. The van der Waals surface area contributed by atoms with Gasteiger partial charge in [0.05, 0.1) is 12.9 Å². The Bertz CT molecular complexity index is 522. The first-order chi connectivity index (χ1) is 8.70. The van der Waals surface area contributed by atoms with Crippen molar-refractivity contribution in [2.24, 2.45) is 7.05 Å². The molecule has 0 amide bonds. The van der Waals surface area contributed by atoms with Gasteiger partial charge in [-0.3, -0.25) is 4.79 Å². The van der Waals surface area contributed by atoms with E-state index in [1.807, 2.05) is 23.1 Å². The first kappa shape index (κ1) is 13.1. The minimum atomic E-state index is -0.261. The van der Waals surface area contributed by atoms with Gasteiger partial charge >= 0.3 is 5.97 Å². The molecule has 0 aliphatic carbocycles. The molecule has 7 heteroatoms. The van der Waals surface area contributed by atoms with Crippen molar-refractivity contribution in [2.75, 3.05) is 12.9 Å². The lowest BCUT2D eigenvalue weighted by Crippen LogP contribution is -2.05. The topological polar surface area (TPSA) is 57.0 Å². The number of rotatable bonds is 5. The van der Waals surface area contributed by atoms with E-state index in [0.29, 0.717) is 0 Å². The molecular formula is C11H13N3O2S2. The summed E-state index contributed by atoms with van der Waals surface area (Å²) in [6.07, 6.45) is 0.764. The van der Waals surface area contributed by atoms with Crippen LogP contribution in [0.3, 0.4) is 0 Å². The van der Waals surface area contributed by atoms with E-state index in [2.05, 4.69) is 21.0 Å². The molecule has 0 aliphatic heterocycles. The number of esters is 1. The van der Waals surface area contributed by atoms with Crippen LogP contribution >= 0.6 is 23.1 Å². The lowest BCUT2D eigenvalue weighted by molar-refractivity contribution is -0.137. The first-order valence-electron chi connectivity index (χ1n) is 5.31. The average molecular weight is 283 g/mol. The van der Waals surface area contributed by atoms with E-state index < -0.39 is 0 Å². The monoisotopic (exact) mass is 283 g/mol. The van der Waals surface area contributed by atoms with Crippen LogP contribution < -0.4 is 0 Å². The smallest absolute Gasteiger partial charge is 0.316 e. The third-order valence-corrected chi connectivity index (χ3v) is 4.25. The van der Waals surface area contributed by atoms with Crippen molar-refractivity contribution < 1.29 is 9.53 Å². The van der Waals surface area contributed by atoms with Crippen LogP contribution in [-0.4, -0.2) is 33.6 Å². The summed E-state index contributed by atoms with van der Waals surface area (Å²) in [6, 6.07) is 4.09. The van der Waals surface area contributed by atoms with Gasteiger partial charge in [0.15, 0.2) is 5.16 Å². The Balaban J connectivity index is 2.02. The van der Waals surface area contributed by atoms with Crippen LogP contribution in [0.25, 0.3) is 0 Å². The molecule has 0 saturated heterocycles. The molecule has 2 heterocycles. The van der Waals surface area contributed by atoms with E-state index >= 15 is 0 Å². The molecule has 0 aliphatic rings. The van der Waals surface area contributed by atoms with Crippen molar-refractivity contribution in [1.29, 1.82) is 0 Å². The van der Waals surface area contributed by atoms with Crippen molar-refractivity contribution >= 4 is 29.1 Å². The van der Waals surface area contributed by atoms with Gasteiger partial charge in [0.1, 0.15) is 5.82 Å². The molecule has 18 heavy (non-hydrogen) atoms. The highest BCUT2D eigenvalue weighted by atomic mass is 32.2. The molecule has 2 rings (SSSR count). The van der Waals surface area contributed by atoms with Crippen LogP contribution in [0, 0.1) is 0 Å². The van der Waals surface area contributed by atoms with Crippen molar-refractivity contribution in [3.05, 3.63) is 28.2 Å². The van der Waals surface area contributed by atoms with Crippen LogP contribution in [0.2, 0.25) is 0 Å². The summed E-state index contributed by atoms with van der Waals surface area (Å²) in [5.41, 5.74) is 0. The van der Waals surface area contributed by atoms with Gasteiger partial charge < -0.3 is 9.30 Å². The molecule has 2 aromatic rings. The number of carbonyl (C=O) groups excluding carboxylic acids is 1. The van der Waals surface area contributed by atoms with Crippen LogP contribution in [0.1, 0.15) is 10.7 Å². The van der Waals surface area contributed by atoms with Crippen LogP contribution in [-0.2, 0) is 23.0 Å². The van der Waals surface area contributed by atoms with Crippen molar-refractivity contribution in [1.82, 2.24) is 14.8 Å². The number of hydrogen-bond acceptors (Lipinski definition) is 6. The molecule has 2 aromatic heterocycles. The van der Waals surface area contributed by atoms with Gasteiger partial charge in [-0.25, -0.2) is 0 Å². The third kappa shape index (κ3) is 3.11. The maximum Gasteiger partial charge on any atom is 0.316 e. The van der Waals surface area contributed by atoms with Gasteiger partial charge in [-0.15, -0.1) is 21.5 Å². The molecule has 96 valence electrons. The summed E-state index contributed by atoms with van der Waals surface area (Å²) in [5.74, 6) is 0.884.